The van der Waals surface area contributed by atoms with E-state index >= 15 is 0 Å². The summed E-state index contributed by atoms with van der Waals surface area (Å²) in [7, 11) is 1.63. The van der Waals surface area contributed by atoms with E-state index in [0.29, 0.717) is 32.5 Å². The predicted molar refractivity (Wildman–Crippen MR) is 106 cm³/mol. The Kier molecular flexibility index (Phi) is 6.13. The molecule has 0 atom stereocenters. The van der Waals surface area contributed by atoms with Crippen molar-refractivity contribution in [3.63, 3.8) is 0 Å². The van der Waals surface area contributed by atoms with Gasteiger partial charge < -0.3 is 19.7 Å². The fourth-order valence-electron chi connectivity index (χ4n) is 3.90. The zero-order chi connectivity index (χ0) is 20.2. The molecule has 1 saturated heterocycles. The quantitative estimate of drug-likeness (QED) is 0.783. The number of ether oxygens (including phenoxy) is 2. The minimum absolute atomic E-state index is 0.00983. The highest BCUT2D eigenvalue weighted by atomic mass is 16.6. The van der Waals surface area contributed by atoms with Crippen LogP contribution in [0, 0.1) is 0 Å². The second-order valence-corrected chi connectivity index (χ2v) is 7.91. The molecule has 2 heterocycles. The maximum Gasteiger partial charge on any atom is 0.417 e. The SMILES string of the molecule is CCOC(=O)N1C=CC=C(N2CCC(OC)(C(=O)NC3(C)CCC3)CC2)C=C1. The number of hydrogen-bond acceptors (Lipinski definition) is 5. The second kappa shape index (κ2) is 8.39. The van der Waals surface area contributed by atoms with Crippen LogP contribution < -0.4 is 5.32 Å². The summed E-state index contributed by atoms with van der Waals surface area (Å²) in [5.41, 5.74) is 0.156. The molecular weight excluding hydrogens is 358 g/mol. The van der Waals surface area contributed by atoms with Gasteiger partial charge in [-0.25, -0.2) is 4.79 Å². The Balaban J connectivity index is 1.60. The fourth-order valence-corrected chi connectivity index (χ4v) is 3.90. The summed E-state index contributed by atoms with van der Waals surface area (Å²) < 4.78 is 10.8. The third-order valence-corrected chi connectivity index (χ3v) is 6.01. The van der Waals surface area contributed by atoms with Crippen LogP contribution in [0.4, 0.5) is 4.79 Å². The minimum atomic E-state index is -0.767. The first-order valence-corrected chi connectivity index (χ1v) is 10.1. The Labute approximate surface area is 167 Å². The highest BCUT2D eigenvalue weighted by Gasteiger charge is 2.45. The van der Waals surface area contributed by atoms with Gasteiger partial charge in [0, 0.05) is 56.7 Å². The molecule has 0 spiro atoms. The number of hydrogen-bond donors (Lipinski definition) is 1. The lowest BCUT2D eigenvalue weighted by Gasteiger charge is -2.45. The Morgan fingerprint density at radius 1 is 1.18 bits per heavy atom. The summed E-state index contributed by atoms with van der Waals surface area (Å²) >= 11 is 0. The van der Waals surface area contributed by atoms with E-state index in [1.165, 1.54) is 11.3 Å². The normalized spacial score (nSPS) is 22.8. The van der Waals surface area contributed by atoms with Crippen LogP contribution in [0.15, 0.2) is 36.3 Å². The summed E-state index contributed by atoms with van der Waals surface area (Å²) in [5.74, 6) is 0.00983. The van der Waals surface area contributed by atoms with Gasteiger partial charge in [-0.2, -0.15) is 0 Å². The van der Waals surface area contributed by atoms with Crippen molar-refractivity contribution in [2.45, 2.75) is 57.1 Å². The molecule has 2 aliphatic heterocycles. The molecule has 1 saturated carbocycles. The number of carbonyl (C=O) groups is 2. The first kappa shape index (κ1) is 20.5. The number of nitrogens with one attached hydrogen (secondary N) is 1. The molecule has 2 amide bonds. The van der Waals surface area contributed by atoms with Crippen molar-refractivity contribution < 1.29 is 19.1 Å². The molecule has 1 N–H and O–H groups in total. The average molecular weight is 389 g/mol. The number of allylic oxidation sites excluding steroid dienone is 3. The van der Waals surface area contributed by atoms with Gasteiger partial charge in [0.1, 0.15) is 5.60 Å². The Hall–Kier alpha value is -2.28. The number of carbonyl (C=O) groups excluding carboxylic acids is 2. The standard InChI is InChI=1S/C21H31N3O4/c1-4-28-19(26)24-13-5-7-17(8-14-24)23-15-11-21(27-3,12-16-23)18(25)22-20(2)9-6-10-20/h5,7-8,13-14H,4,6,9-12,15-16H2,1-3H3,(H,22,25). The molecule has 0 bridgehead atoms. The number of rotatable bonds is 5. The van der Waals surface area contributed by atoms with E-state index < -0.39 is 11.7 Å². The fraction of sp³-hybridized carbons (Fsp3) is 0.619. The second-order valence-electron chi connectivity index (χ2n) is 7.91. The van der Waals surface area contributed by atoms with Crippen molar-refractivity contribution in [3.8, 4) is 0 Å². The molecule has 3 rings (SSSR count). The third-order valence-electron chi connectivity index (χ3n) is 6.01. The smallest absolute Gasteiger partial charge is 0.417 e. The van der Waals surface area contributed by atoms with E-state index in [2.05, 4.69) is 17.1 Å². The zero-order valence-corrected chi connectivity index (χ0v) is 17.1. The van der Waals surface area contributed by atoms with Crippen molar-refractivity contribution in [2.24, 2.45) is 0 Å². The van der Waals surface area contributed by atoms with Crippen LogP contribution in [0.25, 0.3) is 0 Å². The lowest BCUT2D eigenvalue weighted by atomic mass is 9.77. The number of methoxy groups -OCH3 is 1. The molecule has 154 valence electrons. The van der Waals surface area contributed by atoms with Crippen molar-refractivity contribution in [2.75, 3.05) is 26.8 Å². The molecule has 1 aliphatic carbocycles. The monoisotopic (exact) mass is 389 g/mol. The van der Waals surface area contributed by atoms with Crippen LogP contribution in [0.2, 0.25) is 0 Å². The number of nitrogens with zero attached hydrogens (tertiary/aromatic N) is 2. The molecular formula is C21H31N3O4. The molecule has 28 heavy (non-hydrogen) atoms. The van der Waals surface area contributed by atoms with E-state index in [1.807, 2.05) is 18.2 Å². The Morgan fingerprint density at radius 3 is 2.46 bits per heavy atom. The topological polar surface area (TPSA) is 71.1 Å². The van der Waals surface area contributed by atoms with Crippen LogP contribution in [0.3, 0.4) is 0 Å². The molecule has 0 radical (unpaired) electrons. The highest BCUT2D eigenvalue weighted by molar-refractivity contribution is 5.86. The summed E-state index contributed by atoms with van der Waals surface area (Å²) in [6.07, 6.45) is 13.2. The van der Waals surface area contributed by atoms with Crippen molar-refractivity contribution in [1.82, 2.24) is 15.1 Å². The molecule has 2 fully saturated rings. The zero-order valence-electron chi connectivity index (χ0n) is 17.1. The van der Waals surface area contributed by atoms with E-state index in [1.54, 1.807) is 26.4 Å². The maximum absolute atomic E-state index is 12.9. The van der Waals surface area contributed by atoms with E-state index in [-0.39, 0.29) is 11.4 Å². The molecule has 0 aromatic rings. The van der Waals surface area contributed by atoms with E-state index in [9.17, 15) is 9.59 Å². The van der Waals surface area contributed by atoms with E-state index in [0.717, 1.165) is 18.5 Å². The molecule has 7 nitrogen and oxygen atoms in total. The molecule has 0 aromatic heterocycles. The van der Waals surface area contributed by atoms with Crippen molar-refractivity contribution >= 4 is 12.0 Å². The van der Waals surface area contributed by atoms with Gasteiger partial charge in [-0.1, -0.05) is 0 Å². The van der Waals surface area contributed by atoms with Gasteiger partial charge in [0.15, 0.2) is 0 Å². The predicted octanol–water partition coefficient (Wildman–Crippen LogP) is 2.91. The van der Waals surface area contributed by atoms with Gasteiger partial charge in [-0.15, -0.1) is 0 Å². The van der Waals surface area contributed by atoms with Crippen LogP contribution in [0.1, 0.15) is 46.0 Å². The highest BCUT2D eigenvalue weighted by Crippen LogP contribution is 2.34. The van der Waals surface area contributed by atoms with Crippen LogP contribution in [-0.2, 0) is 14.3 Å². The van der Waals surface area contributed by atoms with Crippen molar-refractivity contribution in [3.05, 3.63) is 36.3 Å². The lowest BCUT2D eigenvalue weighted by molar-refractivity contribution is -0.151. The van der Waals surface area contributed by atoms with Crippen LogP contribution in [0.5, 0.6) is 0 Å². The maximum atomic E-state index is 12.9. The lowest BCUT2D eigenvalue weighted by Crippen LogP contribution is -2.61. The summed E-state index contributed by atoms with van der Waals surface area (Å²) in [6.45, 7) is 5.65. The first-order valence-electron chi connectivity index (χ1n) is 10.1. The van der Waals surface area contributed by atoms with E-state index in [4.69, 9.17) is 9.47 Å². The average Bonchev–Trinajstić information content (AvgIpc) is 2.93. The minimum Gasteiger partial charge on any atom is -0.449 e. The van der Waals surface area contributed by atoms with Gasteiger partial charge in [0.25, 0.3) is 5.91 Å². The summed E-state index contributed by atoms with van der Waals surface area (Å²) in [4.78, 5) is 28.4. The number of amides is 2. The number of likely N-dealkylation sites (tertiary alicyclic amines) is 1. The number of piperidine rings is 1. The molecule has 7 heteroatoms. The van der Waals surface area contributed by atoms with Gasteiger partial charge in [-0.05, 0) is 51.3 Å². The summed E-state index contributed by atoms with van der Waals surface area (Å²) in [5, 5.41) is 3.21. The van der Waals surface area contributed by atoms with Gasteiger partial charge >= 0.3 is 6.09 Å². The van der Waals surface area contributed by atoms with Gasteiger partial charge in [-0.3, -0.25) is 9.69 Å². The third kappa shape index (κ3) is 4.24. The molecule has 0 unspecified atom stereocenters. The van der Waals surface area contributed by atoms with Gasteiger partial charge in [0.05, 0.1) is 6.61 Å². The van der Waals surface area contributed by atoms with Gasteiger partial charge in [0.2, 0.25) is 0 Å². The molecule has 3 aliphatic rings. The largest absolute Gasteiger partial charge is 0.449 e. The van der Waals surface area contributed by atoms with Crippen LogP contribution >= 0.6 is 0 Å². The molecule has 0 aromatic carbocycles. The Morgan fingerprint density at radius 2 is 1.89 bits per heavy atom. The van der Waals surface area contributed by atoms with Crippen LogP contribution in [-0.4, -0.2) is 59.7 Å². The first-order chi connectivity index (χ1) is 13.4. The Bertz CT molecular complexity index is 686. The van der Waals surface area contributed by atoms with Crippen molar-refractivity contribution in [1.29, 1.82) is 0 Å². The summed E-state index contributed by atoms with van der Waals surface area (Å²) in [6, 6.07) is 0.